The molecule has 0 aliphatic rings. The van der Waals surface area contributed by atoms with Gasteiger partial charge in [0.05, 0.1) is 12.6 Å². The molecule has 0 aromatic rings. The van der Waals surface area contributed by atoms with Gasteiger partial charge in [-0.05, 0) is 51.0 Å². The summed E-state index contributed by atoms with van der Waals surface area (Å²) in [5.74, 6) is -6.31. The van der Waals surface area contributed by atoms with Gasteiger partial charge in [-0.25, -0.2) is 4.79 Å². The molecule has 0 bridgehead atoms. The Morgan fingerprint density at radius 3 is 1.73 bits per heavy atom. The molecule has 44 heavy (non-hydrogen) atoms. The number of carboxylic acid groups (broad SMARTS) is 2. The lowest BCUT2D eigenvalue weighted by Crippen LogP contribution is -2.58. The Labute approximate surface area is 256 Å². The topological polar surface area (TPSA) is 328 Å². The first kappa shape index (κ1) is 40.0. The van der Waals surface area contributed by atoms with Crippen molar-refractivity contribution in [1.29, 1.82) is 0 Å². The average Bonchev–Trinajstić information content (AvgIpc) is 2.93. The predicted molar refractivity (Wildman–Crippen MR) is 160 cm³/mol. The van der Waals surface area contributed by atoms with Gasteiger partial charge in [0.15, 0.2) is 5.96 Å². The van der Waals surface area contributed by atoms with Crippen LogP contribution in [0.3, 0.4) is 0 Å². The van der Waals surface area contributed by atoms with Gasteiger partial charge in [-0.3, -0.25) is 29.0 Å². The monoisotopic (exact) mass is 631 g/mol. The van der Waals surface area contributed by atoms with E-state index in [0.717, 1.165) is 0 Å². The number of aliphatic imine (C=N–C) groups is 1. The summed E-state index contributed by atoms with van der Waals surface area (Å²) in [5.41, 5.74) is 22.0. The van der Waals surface area contributed by atoms with E-state index in [4.69, 9.17) is 22.9 Å². The Kier molecular flexibility index (Phi) is 19.6. The summed E-state index contributed by atoms with van der Waals surface area (Å²) in [6.45, 7) is 3.20. The minimum atomic E-state index is -1.66. The molecule has 0 aliphatic heterocycles. The zero-order chi connectivity index (χ0) is 33.8. The van der Waals surface area contributed by atoms with Gasteiger partial charge in [0.1, 0.15) is 24.2 Å². The smallest absolute Gasteiger partial charge is 0.328 e. The summed E-state index contributed by atoms with van der Waals surface area (Å²) >= 11 is 0. The molecular weight excluding hydrogens is 582 g/mol. The molecule has 0 heterocycles. The molecule has 0 unspecified atom stereocenters. The number of aliphatic carboxylic acids is 2. The SMILES string of the molecule is CC(C)C[C@H](NC(=O)[C@@H](N)CCCCN)C(=O)N[C@@H](CCC(=O)O)C(=O)N[C@@H](CCCN=C(N)N)C(=O)N[C@@H](CO)C(=O)O. The average molecular weight is 632 g/mol. The lowest BCUT2D eigenvalue weighted by atomic mass is 10.0. The van der Waals surface area contributed by atoms with Crippen LogP contribution in [-0.2, 0) is 28.8 Å². The maximum Gasteiger partial charge on any atom is 0.328 e. The second-order valence-electron chi connectivity index (χ2n) is 10.7. The molecule has 0 rings (SSSR count). The highest BCUT2D eigenvalue weighted by molar-refractivity contribution is 5.95. The fourth-order valence-electron chi connectivity index (χ4n) is 3.93. The number of unbranched alkanes of at least 4 members (excludes halogenated alkanes) is 1. The largest absolute Gasteiger partial charge is 0.481 e. The minimum Gasteiger partial charge on any atom is -0.481 e. The zero-order valence-electron chi connectivity index (χ0n) is 25.3. The summed E-state index contributed by atoms with van der Waals surface area (Å²) in [7, 11) is 0. The first-order valence-electron chi connectivity index (χ1n) is 14.4. The normalized spacial score (nSPS) is 14.3. The third-order valence-electron chi connectivity index (χ3n) is 6.30. The van der Waals surface area contributed by atoms with Gasteiger partial charge in [-0.15, -0.1) is 0 Å². The van der Waals surface area contributed by atoms with Crippen LogP contribution in [0.15, 0.2) is 4.99 Å². The number of rotatable bonds is 23. The van der Waals surface area contributed by atoms with Gasteiger partial charge >= 0.3 is 11.9 Å². The quantitative estimate of drug-likeness (QED) is 0.0295. The van der Waals surface area contributed by atoms with Crippen molar-refractivity contribution in [1.82, 2.24) is 21.3 Å². The van der Waals surface area contributed by atoms with Crippen LogP contribution in [-0.4, -0.2) is 107 Å². The van der Waals surface area contributed by atoms with E-state index in [1.807, 2.05) is 13.8 Å². The summed E-state index contributed by atoms with van der Waals surface area (Å²) < 4.78 is 0. The molecule has 252 valence electrons. The molecule has 4 amide bonds. The van der Waals surface area contributed by atoms with Crippen LogP contribution >= 0.6 is 0 Å². The number of nitrogens with two attached hydrogens (primary N) is 4. The summed E-state index contributed by atoms with van der Waals surface area (Å²) in [5, 5.41) is 37.2. The van der Waals surface area contributed by atoms with Crippen molar-refractivity contribution in [3.63, 3.8) is 0 Å². The molecule has 5 atom stereocenters. The second-order valence-corrected chi connectivity index (χ2v) is 10.7. The zero-order valence-corrected chi connectivity index (χ0v) is 25.3. The standard InChI is InChI=1S/C26H49N9O9/c1-14(2)12-18(34-21(39)15(28)6-3-4-10-27)24(42)33-17(8-9-20(37)38)23(41)32-16(7-5-11-31-26(29)30)22(40)35-19(13-36)25(43)44/h14-19,36H,3-13,27-28H2,1-2H3,(H,32,41)(H,33,42)(H,34,39)(H,35,40)(H,37,38)(H,43,44)(H4,29,30,31)/t15-,16-,17-,18-,19-/m0/s1. The van der Waals surface area contributed by atoms with E-state index < -0.39 is 78.8 Å². The number of amides is 4. The third-order valence-corrected chi connectivity index (χ3v) is 6.30. The van der Waals surface area contributed by atoms with Crippen LogP contribution in [0.2, 0.25) is 0 Å². The van der Waals surface area contributed by atoms with Gasteiger partial charge < -0.3 is 59.5 Å². The summed E-state index contributed by atoms with van der Waals surface area (Å²) in [6.07, 6.45) is 0.968. The first-order valence-corrected chi connectivity index (χ1v) is 14.4. The molecule has 0 aromatic heterocycles. The number of carbonyl (C=O) groups excluding carboxylic acids is 4. The van der Waals surface area contributed by atoms with Crippen molar-refractivity contribution in [2.75, 3.05) is 19.7 Å². The van der Waals surface area contributed by atoms with Gasteiger partial charge in [-0.1, -0.05) is 20.3 Å². The van der Waals surface area contributed by atoms with Crippen LogP contribution in [0.5, 0.6) is 0 Å². The van der Waals surface area contributed by atoms with Crippen molar-refractivity contribution in [2.45, 2.75) is 95.4 Å². The van der Waals surface area contributed by atoms with Crippen LogP contribution in [0.4, 0.5) is 0 Å². The van der Waals surface area contributed by atoms with E-state index >= 15 is 0 Å². The van der Waals surface area contributed by atoms with Crippen molar-refractivity contribution in [2.24, 2.45) is 33.8 Å². The number of carbonyl (C=O) groups is 6. The van der Waals surface area contributed by atoms with E-state index in [1.54, 1.807) is 0 Å². The lowest BCUT2D eigenvalue weighted by Gasteiger charge is -2.27. The number of carboxylic acids is 2. The van der Waals surface area contributed by atoms with Gasteiger partial charge in [0.2, 0.25) is 23.6 Å². The maximum absolute atomic E-state index is 13.3. The number of nitrogens with zero attached hydrogens (tertiary/aromatic N) is 1. The first-order chi connectivity index (χ1) is 20.6. The highest BCUT2D eigenvalue weighted by atomic mass is 16.4. The highest BCUT2D eigenvalue weighted by Crippen LogP contribution is 2.09. The second kappa shape index (κ2) is 21.6. The van der Waals surface area contributed by atoms with Gasteiger partial charge in [0.25, 0.3) is 0 Å². The summed E-state index contributed by atoms with van der Waals surface area (Å²) in [4.78, 5) is 78.5. The Bertz CT molecular complexity index is 990. The van der Waals surface area contributed by atoms with E-state index in [9.17, 15) is 44.1 Å². The van der Waals surface area contributed by atoms with E-state index in [-0.39, 0.29) is 44.1 Å². The minimum absolute atomic E-state index is 0.0639. The third kappa shape index (κ3) is 17.2. The van der Waals surface area contributed by atoms with Crippen LogP contribution in [0.1, 0.15) is 65.2 Å². The number of hydrogen-bond donors (Lipinski definition) is 11. The van der Waals surface area contributed by atoms with Crippen molar-refractivity contribution in [3.05, 3.63) is 0 Å². The van der Waals surface area contributed by atoms with Crippen molar-refractivity contribution in [3.8, 4) is 0 Å². The van der Waals surface area contributed by atoms with E-state index in [2.05, 4.69) is 26.3 Å². The molecule has 0 radical (unpaired) electrons. The number of aliphatic hydroxyl groups excluding tert-OH is 1. The van der Waals surface area contributed by atoms with Crippen LogP contribution in [0, 0.1) is 5.92 Å². The molecule has 18 heteroatoms. The number of nitrogens with one attached hydrogen (secondary N) is 4. The molecule has 18 nitrogen and oxygen atoms in total. The van der Waals surface area contributed by atoms with Crippen molar-refractivity contribution < 1.29 is 44.1 Å². The van der Waals surface area contributed by atoms with Crippen molar-refractivity contribution >= 4 is 41.5 Å². The lowest BCUT2D eigenvalue weighted by molar-refractivity contribution is -0.143. The number of aliphatic hydroxyl groups is 1. The highest BCUT2D eigenvalue weighted by Gasteiger charge is 2.32. The Morgan fingerprint density at radius 1 is 0.727 bits per heavy atom. The Balaban J connectivity index is 5.93. The fourth-order valence-corrected chi connectivity index (χ4v) is 3.93. The Morgan fingerprint density at radius 2 is 1.25 bits per heavy atom. The molecule has 0 saturated heterocycles. The van der Waals surface area contributed by atoms with E-state index in [1.165, 1.54) is 0 Å². The number of hydrogen-bond acceptors (Lipinski definition) is 10. The molecule has 15 N–H and O–H groups in total. The molecule has 0 aliphatic carbocycles. The molecular formula is C26H49N9O9. The molecule has 0 fully saturated rings. The predicted octanol–water partition coefficient (Wildman–Crippen LogP) is -3.58. The fraction of sp³-hybridized carbons (Fsp3) is 0.731. The molecule has 0 aromatic carbocycles. The molecule has 0 spiro atoms. The van der Waals surface area contributed by atoms with Crippen LogP contribution in [0.25, 0.3) is 0 Å². The Hall–Kier alpha value is -4.03. The van der Waals surface area contributed by atoms with Crippen LogP contribution < -0.4 is 44.2 Å². The summed E-state index contributed by atoms with van der Waals surface area (Å²) in [6, 6.07) is -6.50. The number of guanidine groups is 1. The van der Waals surface area contributed by atoms with E-state index in [0.29, 0.717) is 25.8 Å². The van der Waals surface area contributed by atoms with Gasteiger partial charge in [0, 0.05) is 13.0 Å². The molecule has 0 saturated carbocycles. The van der Waals surface area contributed by atoms with Gasteiger partial charge in [-0.2, -0.15) is 0 Å². The maximum atomic E-state index is 13.3.